The van der Waals surface area contributed by atoms with Crippen molar-refractivity contribution >= 4 is 70.4 Å². The molecule has 2 fully saturated rings. The van der Waals surface area contributed by atoms with Gasteiger partial charge in [0.1, 0.15) is 30.8 Å². The van der Waals surface area contributed by atoms with Gasteiger partial charge < -0.3 is 70.7 Å². The maximum atomic E-state index is 14.7. The molecule has 4 rings (SSSR count). The van der Waals surface area contributed by atoms with Crippen LogP contribution in [0.5, 0.6) is 0 Å². The summed E-state index contributed by atoms with van der Waals surface area (Å²) in [4.78, 5) is 156. The molecule has 2 aliphatic rings. The number of ketones is 3. The van der Waals surface area contributed by atoms with E-state index in [-0.39, 0.29) is 167 Å². The van der Waals surface area contributed by atoms with Crippen LogP contribution < -0.4 is 32.3 Å². The molecule has 2 aliphatic heterocycles. The van der Waals surface area contributed by atoms with Gasteiger partial charge in [-0.25, -0.2) is 4.79 Å². The van der Waals surface area contributed by atoms with Gasteiger partial charge in [-0.15, -0.1) is 0 Å². The number of piperidine rings is 1. The zero-order valence-electron chi connectivity index (χ0n) is 64.4. The van der Waals surface area contributed by atoms with Gasteiger partial charge in [0.25, 0.3) is 0 Å². The number of nitrogens with zero attached hydrogens (tertiary/aromatic N) is 4. The van der Waals surface area contributed by atoms with Crippen molar-refractivity contribution in [2.45, 2.75) is 208 Å². The molecule has 13 atom stereocenters. The number of nitrogens with two attached hydrogens (primary N) is 1. The molecule has 0 aromatic heterocycles. The van der Waals surface area contributed by atoms with Crippen LogP contribution in [-0.2, 0) is 84.6 Å². The quantitative estimate of drug-likeness (QED) is 0.0384. The fourth-order valence-electron chi connectivity index (χ4n) is 14.3. The van der Waals surface area contributed by atoms with Gasteiger partial charge >= 0.3 is 6.03 Å². The fourth-order valence-corrected chi connectivity index (χ4v) is 14.3. The first-order valence-electron chi connectivity index (χ1n) is 37.1. The maximum absolute atomic E-state index is 14.7. The van der Waals surface area contributed by atoms with Gasteiger partial charge in [-0.1, -0.05) is 118 Å². The van der Waals surface area contributed by atoms with E-state index in [2.05, 4.69) is 26.6 Å². The van der Waals surface area contributed by atoms with Gasteiger partial charge in [-0.3, -0.25) is 52.8 Å². The number of carbonyl (C=O) groups excluding carboxylic acids is 11. The summed E-state index contributed by atoms with van der Waals surface area (Å²) in [6.45, 7) is 22.2. The third-order valence-electron chi connectivity index (χ3n) is 20.3. The third-order valence-corrected chi connectivity index (χ3v) is 20.3. The Morgan fingerprint density at radius 1 is 0.641 bits per heavy atom. The van der Waals surface area contributed by atoms with Gasteiger partial charge in [0.05, 0.1) is 69.2 Å². The van der Waals surface area contributed by atoms with E-state index in [4.69, 9.17) is 29.4 Å². The van der Waals surface area contributed by atoms with Crippen LogP contribution >= 0.6 is 0 Å². The van der Waals surface area contributed by atoms with Crippen molar-refractivity contribution in [2.24, 2.45) is 53.1 Å². The van der Waals surface area contributed by atoms with Gasteiger partial charge in [0.15, 0.2) is 5.78 Å². The second kappa shape index (κ2) is 45.2. The van der Waals surface area contributed by atoms with Crippen molar-refractivity contribution < 1.29 is 76.4 Å². The van der Waals surface area contributed by atoms with E-state index in [0.717, 1.165) is 5.56 Å². The number of urea groups is 1. The van der Waals surface area contributed by atoms with E-state index >= 15 is 0 Å². The lowest BCUT2D eigenvalue weighted by Gasteiger charge is -2.41. The van der Waals surface area contributed by atoms with Gasteiger partial charge in [0.2, 0.25) is 41.4 Å². The predicted octanol–water partition coefficient (Wildman–Crippen LogP) is 6.53. The zero-order chi connectivity index (χ0) is 76.6. The lowest BCUT2D eigenvalue weighted by atomic mass is 9.85. The molecule has 26 heteroatoms. The molecule has 0 bridgehead atoms. The van der Waals surface area contributed by atoms with Crippen molar-refractivity contribution in [1.29, 1.82) is 0 Å². The Kier molecular flexibility index (Phi) is 38.7. The van der Waals surface area contributed by atoms with Crippen molar-refractivity contribution in [1.82, 2.24) is 40.9 Å². The van der Waals surface area contributed by atoms with Crippen LogP contribution in [0.15, 0.2) is 54.6 Å². The Balaban J connectivity index is 1.36. The largest absolute Gasteiger partial charge is 0.379 e. The van der Waals surface area contributed by atoms with Crippen LogP contribution in [0.2, 0.25) is 0 Å². The number of hydrogen-bond donors (Lipinski definition) is 6. The van der Waals surface area contributed by atoms with Gasteiger partial charge in [0, 0.05) is 102 Å². The molecule has 2 heterocycles. The maximum Gasteiger partial charge on any atom is 0.312 e. The Morgan fingerprint density at radius 3 is 1.84 bits per heavy atom. The number of likely N-dealkylation sites (tertiary alicyclic amines) is 2. The topological polar surface area (TPSA) is 333 Å². The molecule has 2 aromatic carbocycles. The molecule has 2 unspecified atom stereocenters. The van der Waals surface area contributed by atoms with Gasteiger partial charge in [-0.05, 0) is 113 Å². The molecule has 0 spiro atoms. The molecule has 103 heavy (non-hydrogen) atoms. The number of nitrogens with one attached hydrogen (secondary N) is 5. The number of amides is 9. The Bertz CT molecular complexity index is 3020. The normalized spacial score (nSPS) is 18.4. The highest BCUT2D eigenvalue weighted by Crippen LogP contribution is 2.32. The summed E-state index contributed by atoms with van der Waals surface area (Å²) in [5, 5.41) is 14.2. The fraction of sp³-hybridized carbons (Fsp3) is 0.701. The molecular formula is C77H124N10O16. The lowest BCUT2D eigenvalue weighted by Crippen LogP contribution is -2.59. The van der Waals surface area contributed by atoms with Crippen molar-refractivity contribution in [3.05, 3.63) is 65.7 Å². The second-order valence-electron chi connectivity index (χ2n) is 29.2. The van der Waals surface area contributed by atoms with Crippen LogP contribution in [-0.4, -0.2) is 227 Å². The highest BCUT2D eigenvalue weighted by atomic mass is 16.5. The summed E-state index contributed by atoms with van der Waals surface area (Å²) in [5.41, 5.74) is 7.27. The Labute approximate surface area is 612 Å². The minimum Gasteiger partial charge on any atom is -0.379 e. The average Bonchev–Trinajstić information content (AvgIpc) is 1.42. The van der Waals surface area contributed by atoms with Crippen LogP contribution in [0.3, 0.4) is 0 Å². The first kappa shape index (κ1) is 88.2. The molecule has 578 valence electrons. The molecule has 0 saturated carbocycles. The predicted molar refractivity (Wildman–Crippen MR) is 394 cm³/mol. The number of benzene rings is 2. The molecule has 0 aliphatic carbocycles. The third kappa shape index (κ3) is 28.3. The molecule has 2 saturated heterocycles. The minimum atomic E-state index is -0.950. The zero-order valence-corrected chi connectivity index (χ0v) is 64.4. The number of rotatable bonds is 47. The minimum absolute atomic E-state index is 0.00364. The van der Waals surface area contributed by atoms with Gasteiger partial charge in [-0.2, -0.15) is 0 Å². The Hall–Kier alpha value is -7.23. The van der Waals surface area contributed by atoms with E-state index in [1.165, 1.54) is 14.2 Å². The van der Waals surface area contributed by atoms with E-state index in [1.54, 1.807) is 66.8 Å². The van der Waals surface area contributed by atoms with Crippen molar-refractivity contribution in [3.8, 4) is 0 Å². The average molecular weight is 1450 g/mol. The Morgan fingerprint density at radius 2 is 1.27 bits per heavy atom. The number of likely N-dealkylation sites (N-methyl/N-ethyl adjacent to an activating group) is 2. The van der Waals surface area contributed by atoms with E-state index < -0.39 is 78.0 Å². The summed E-state index contributed by atoms with van der Waals surface area (Å²) in [7, 11) is 8.45. The van der Waals surface area contributed by atoms with E-state index in [0.29, 0.717) is 69.3 Å². The van der Waals surface area contributed by atoms with E-state index in [9.17, 15) is 52.7 Å². The van der Waals surface area contributed by atoms with Crippen molar-refractivity contribution in [3.63, 3.8) is 0 Å². The van der Waals surface area contributed by atoms with Crippen LogP contribution in [0.25, 0.3) is 0 Å². The monoisotopic (exact) mass is 1440 g/mol. The molecule has 2 aromatic rings. The number of hydrogen-bond acceptors (Lipinski definition) is 17. The number of carbonyl (C=O) groups is 11. The van der Waals surface area contributed by atoms with Crippen molar-refractivity contribution in [2.75, 3.05) is 100.0 Å². The first-order valence-corrected chi connectivity index (χ1v) is 37.1. The van der Waals surface area contributed by atoms with Crippen LogP contribution in [0, 0.1) is 47.3 Å². The molecule has 7 N–H and O–H groups in total. The summed E-state index contributed by atoms with van der Waals surface area (Å²) >= 11 is 0. The summed E-state index contributed by atoms with van der Waals surface area (Å²) < 4.78 is 28.9. The number of ether oxygens (including phenoxy) is 5. The van der Waals surface area contributed by atoms with Crippen LogP contribution in [0.4, 0.5) is 10.5 Å². The number of anilines is 1. The number of primary amides is 1. The smallest absolute Gasteiger partial charge is 0.312 e. The van der Waals surface area contributed by atoms with E-state index in [1.807, 2.05) is 105 Å². The summed E-state index contributed by atoms with van der Waals surface area (Å²) in [5.74, 6) is -5.63. The highest BCUT2D eigenvalue weighted by molar-refractivity contribution is 5.98. The molecule has 9 amide bonds. The number of Topliss-reactive ketones (excluding diaryl/α,β-unsaturated/α-hetero) is 3. The number of methoxy groups -OCH3 is 2. The lowest BCUT2D eigenvalue weighted by molar-refractivity contribution is -0.148. The standard InChI is InChI=1S/C77H124N10O16/c1-17-51(9)71(85(14)76(97)69(49(5)6)83-75(96)70(50(7)8)84(12)13)64(99-15)44-66(92)87-34-23-27-60(87)72(100-16)53(11)62(89)43-58(41-54-24-20-19-21-25-54)73(94)80-45-55-28-30-59(31-29-55)81-74(95)57(26-22-33-79-77(78)98)42-63(90)68(48(3)4)82-65(91)46-102-38-36-101-37-39-103-47-67(93)86-35-32-56(40-52(86)10)61(88)18-2/h19-21,24-25,28-31,48-53,56-58,60,64,68-72H,17-18,22-23,26-27,32-47H2,1-16H3,(H,80,94)(H,81,95)(H,82,91)(H,83,96)(H3,78,79,98)/t51-,52?,53-,56?,57+,58+,60-,64+,68-,69-,70-,71-,72+/m0/s1. The van der Waals surface area contributed by atoms with Crippen LogP contribution in [0.1, 0.15) is 158 Å². The molecular weight excluding hydrogens is 1320 g/mol. The molecule has 0 radical (unpaired) electrons. The SMILES string of the molecule is CCC(=O)C1CCN(C(=O)COCCOCCOCC(=O)N[C@H](C(=O)C[C@@H](CCCNC(N)=O)C(=O)Nc2ccc(CNC(=O)[C@@H](CC(=O)[C@H](C)[C@@H](OC)[C@@H]3CCCN3C(=O)C[C@@H](OC)[C@H]([C@@H](C)CC)N(C)C(=O)[C@@H](NC(=O)[C@H](C(C)C)N(C)C)C(C)C)Cc3ccccc3)cc2)C(C)C)C(C)C1. The summed E-state index contributed by atoms with van der Waals surface area (Å²) in [6.07, 6.45) is 2.69. The first-order chi connectivity index (χ1) is 48.9. The molecule has 26 nitrogen and oxygen atoms in total. The second-order valence-corrected chi connectivity index (χ2v) is 29.2. The summed E-state index contributed by atoms with van der Waals surface area (Å²) in [6, 6.07) is 12.2. The highest BCUT2D eigenvalue weighted by Gasteiger charge is 2.44.